The van der Waals surface area contributed by atoms with Crippen LogP contribution in [0.5, 0.6) is 0 Å². The van der Waals surface area contributed by atoms with Crippen molar-refractivity contribution in [2.75, 3.05) is 0 Å². The summed E-state index contributed by atoms with van der Waals surface area (Å²) < 4.78 is 8.23. The van der Waals surface area contributed by atoms with Gasteiger partial charge in [0.05, 0.1) is 5.52 Å². The van der Waals surface area contributed by atoms with Crippen LogP contribution in [-0.2, 0) is 13.6 Å². The maximum atomic E-state index is 12.7. The van der Waals surface area contributed by atoms with Gasteiger partial charge < -0.3 is 9.84 Å². The Balaban J connectivity index is 1.45. The second-order valence-electron chi connectivity index (χ2n) is 8.66. The second-order valence-corrected chi connectivity index (χ2v) is 8.66. The van der Waals surface area contributed by atoms with E-state index in [0.29, 0.717) is 24.1 Å². The van der Waals surface area contributed by atoms with Crippen molar-refractivity contribution < 1.29 is 9.32 Å². The molecule has 3 aromatic heterocycles. The summed E-state index contributed by atoms with van der Waals surface area (Å²) in [6.07, 6.45) is 6.04. The molecule has 0 bridgehead atoms. The van der Waals surface area contributed by atoms with Crippen molar-refractivity contribution in [3.05, 3.63) is 46.3 Å². The fraction of sp³-hybridized carbons (Fsp3) is 0.545. The molecule has 0 atom stereocenters. The highest BCUT2D eigenvalue weighted by Crippen LogP contribution is 2.32. The van der Waals surface area contributed by atoms with Gasteiger partial charge >= 0.3 is 5.69 Å². The zero-order valence-corrected chi connectivity index (χ0v) is 17.8. The summed E-state index contributed by atoms with van der Waals surface area (Å²) >= 11 is 0. The smallest absolute Gasteiger partial charge is 0.330 e. The van der Waals surface area contributed by atoms with E-state index in [1.807, 2.05) is 10.6 Å². The van der Waals surface area contributed by atoms with Crippen molar-refractivity contribution in [3.63, 3.8) is 0 Å². The first-order valence-electron chi connectivity index (χ1n) is 10.7. The van der Waals surface area contributed by atoms with Gasteiger partial charge in [-0.25, -0.2) is 9.78 Å². The third-order valence-corrected chi connectivity index (χ3v) is 6.08. The summed E-state index contributed by atoms with van der Waals surface area (Å²) in [5.74, 6) is 0.688. The van der Waals surface area contributed by atoms with Crippen molar-refractivity contribution in [3.8, 4) is 0 Å². The Hall–Kier alpha value is -2.90. The highest BCUT2D eigenvalue weighted by atomic mass is 16.5. The first kappa shape index (κ1) is 20.4. The number of amides is 1. The Morgan fingerprint density at radius 3 is 2.67 bits per heavy atom. The minimum absolute atomic E-state index is 0.00502. The maximum Gasteiger partial charge on any atom is 0.330 e. The van der Waals surface area contributed by atoms with E-state index in [4.69, 9.17) is 9.51 Å². The number of aromatic nitrogens is 4. The Bertz CT molecular complexity index is 1070. The van der Waals surface area contributed by atoms with Gasteiger partial charge in [-0.3, -0.25) is 13.9 Å². The van der Waals surface area contributed by atoms with Gasteiger partial charge in [-0.2, -0.15) is 0 Å². The van der Waals surface area contributed by atoms with E-state index in [-0.39, 0.29) is 17.6 Å². The van der Waals surface area contributed by atoms with Crippen LogP contribution >= 0.6 is 0 Å². The molecule has 3 aromatic rings. The molecule has 0 aromatic carbocycles. The largest absolute Gasteiger partial charge is 0.364 e. The quantitative estimate of drug-likeness (QED) is 0.672. The lowest BCUT2D eigenvalue weighted by Crippen LogP contribution is -2.37. The molecule has 0 spiro atoms. The van der Waals surface area contributed by atoms with E-state index < -0.39 is 0 Å². The summed E-state index contributed by atoms with van der Waals surface area (Å²) in [6.45, 7) is 5.04. The molecule has 1 N–H and O–H groups in total. The average molecular weight is 412 g/mol. The van der Waals surface area contributed by atoms with Crippen LogP contribution in [0.3, 0.4) is 0 Å². The molecular formula is C22H29N5O3. The van der Waals surface area contributed by atoms with Crippen molar-refractivity contribution in [2.24, 2.45) is 13.0 Å². The Kier molecular flexibility index (Phi) is 5.74. The Labute approximate surface area is 175 Å². The average Bonchev–Trinajstić information content (AvgIpc) is 3.35. The number of nitrogens with one attached hydrogen (secondary N) is 1. The molecule has 160 valence electrons. The van der Waals surface area contributed by atoms with Gasteiger partial charge in [-0.15, -0.1) is 0 Å². The van der Waals surface area contributed by atoms with Crippen LogP contribution in [0, 0.1) is 5.92 Å². The van der Waals surface area contributed by atoms with E-state index in [1.165, 1.54) is 6.26 Å². The van der Waals surface area contributed by atoms with Crippen molar-refractivity contribution >= 4 is 17.1 Å². The number of imidazole rings is 1. The number of carbonyl (C=O) groups is 1. The molecule has 3 heterocycles. The molecule has 0 radical (unpaired) electrons. The summed E-state index contributed by atoms with van der Waals surface area (Å²) in [5.41, 5.74) is 2.99. The van der Waals surface area contributed by atoms with E-state index in [1.54, 1.807) is 17.7 Å². The number of aryl methyl sites for hydroxylation is 2. The number of fused-ring (bicyclic) bond motifs is 1. The standard InChI is InChI=1S/C22H29N5O3/c1-14(2)10-12-27-19-9-8-17(24-20(19)26(3)22(27)29)15-4-6-16(7-5-15)23-21(28)18-11-13-30-25-18/h8-9,11,13-16H,4-7,10,12H2,1-3H3,(H,23,28). The number of pyridine rings is 1. The zero-order valence-electron chi connectivity index (χ0n) is 17.8. The molecule has 1 aliphatic rings. The van der Waals surface area contributed by atoms with Gasteiger partial charge in [0.1, 0.15) is 6.26 Å². The van der Waals surface area contributed by atoms with E-state index >= 15 is 0 Å². The number of nitrogens with zero attached hydrogens (tertiary/aromatic N) is 4. The lowest BCUT2D eigenvalue weighted by Gasteiger charge is -2.28. The number of carbonyl (C=O) groups excluding carboxylic acids is 1. The molecule has 0 unspecified atom stereocenters. The Morgan fingerprint density at radius 1 is 1.23 bits per heavy atom. The highest BCUT2D eigenvalue weighted by Gasteiger charge is 2.26. The van der Waals surface area contributed by atoms with Gasteiger partial charge in [0.15, 0.2) is 11.3 Å². The molecule has 8 heteroatoms. The van der Waals surface area contributed by atoms with E-state index in [2.05, 4.69) is 30.4 Å². The summed E-state index contributed by atoms with van der Waals surface area (Å²) in [6, 6.07) is 5.80. The minimum atomic E-state index is -0.190. The molecule has 4 rings (SSSR count). The molecule has 1 aliphatic carbocycles. The zero-order chi connectivity index (χ0) is 21.3. The van der Waals surface area contributed by atoms with Gasteiger partial charge in [0.2, 0.25) is 0 Å². The lowest BCUT2D eigenvalue weighted by molar-refractivity contribution is 0.0916. The van der Waals surface area contributed by atoms with Crippen LogP contribution in [0.4, 0.5) is 0 Å². The predicted octanol–water partition coefficient (Wildman–Crippen LogP) is 3.23. The SMILES string of the molecule is CC(C)CCn1c(=O)n(C)c2nc(C3CCC(NC(=O)c4ccon4)CC3)ccc21. The summed E-state index contributed by atoms with van der Waals surface area (Å²) in [4.78, 5) is 29.7. The predicted molar refractivity (Wildman–Crippen MR) is 113 cm³/mol. The molecule has 30 heavy (non-hydrogen) atoms. The molecule has 1 fully saturated rings. The third-order valence-electron chi connectivity index (χ3n) is 6.08. The lowest BCUT2D eigenvalue weighted by atomic mass is 9.84. The van der Waals surface area contributed by atoms with Crippen LogP contribution in [0.2, 0.25) is 0 Å². The molecule has 0 saturated heterocycles. The molecule has 8 nitrogen and oxygen atoms in total. The van der Waals surface area contributed by atoms with E-state index in [9.17, 15) is 9.59 Å². The van der Waals surface area contributed by atoms with Crippen molar-refractivity contribution in [1.29, 1.82) is 0 Å². The Morgan fingerprint density at radius 2 is 2.00 bits per heavy atom. The maximum absolute atomic E-state index is 12.7. The molecular weight excluding hydrogens is 382 g/mol. The topological polar surface area (TPSA) is 95.0 Å². The molecule has 1 amide bonds. The summed E-state index contributed by atoms with van der Waals surface area (Å²) in [5, 5.41) is 6.72. The van der Waals surface area contributed by atoms with Crippen LogP contribution in [0.1, 0.15) is 68.1 Å². The third kappa shape index (κ3) is 4.04. The van der Waals surface area contributed by atoms with Crippen molar-refractivity contribution in [1.82, 2.24) is 24.6 Å². The van der Waals surface area contributed by atoms with Crippen LogP contribution < -0.4 is 11.0 Å². The fourth-order valence-electron chi connectivity index (χ4n) is 4.24. The molecule has 1 saturated carbocycles. The second kappa shape index (κ2) is 8.45. The van der Waals surface area contributed by atoms with Crippen LogP contribution in [0.25, 0.3) is 11.2 Å². The van der Waals surface area contributed by atoms with Crippen molar-refractivity contribution in [2.45, 2.75) is 64.5 Å². The van der Waals surface area contributed by atoms with Gasteiger partial charge in [0, 0.05) is 37.3 Å². The first-order valence-corrected chi connectivity index (χ1v) is 10.7. The van der Waals surface area contributed by atoms with Gasteiger partial charge in [-0.05, 0) is 50.2 Å². The number of hydrogen-bond acceptors (Lipinski definition) is 5. The first-order chi connectivity index (χ1) is 14.4. The molecule has 0 aliphatic heterocycles. The number of hydrogen-bond donors (Lipinski definition) is 1. The highest BCUT2D eigenvalue weighted by molar-refractivity contribution is 5.92. The van der Waals surface area contributed by atoms with Gasteiger partial charge in [-0.1, -0.05) is 19.0 Å². The van der Waals surface area contributed by atoms with E-state index in [0.717, 1.165) is 49.0 Å². The monoisotopic (exact) mass is 411 g/mol. The number of rotatable bonds is 6. The minimum Gasteiger partial charge on any atom is -0.364 e. The van der Waals surface area contributed by atoms with Crippen LogP contribution in [0.15, 0.2) is 33.8 Å². The normalized spacial score (nSPS) is 19.5. The van der Waals surface area contributed by atoms with Gasteiger partial charge in [0.25, 0.3) is 5.91 Å². The van der Waals surface area contributed by atoms with Crippen LogP contribution in [-0.4, -0.2) is 31.2 Å². The fourth-order valence-corrected chi connectivity index (χ4v) is 4.24. The summed E-state index contributed by atoms with van der Waals surface area (Å²) in [7, 11) is 1.80.